The van der Waals surface area contributed by atoms with Gasteiger partial charge in [0.15, 0.2) is 0 Å². The molecule has 0 saturated heterocycles. The Kier molecular flexibility index (Phi) is 2.84. The lowest BCUT2D eigenvalue weighted by Crippen LogP contribution is -2.27. The number of aliphatic hydroxyl groups is 1. The van der Waals surface area contributed by atoms with Crippen LogP contribution in [0.1, 0.15) is 30.1 Å². The van der Waals surface area contributed by atoms with Crippen molar-refractivity contribution in [3.05, 3.63) is 17.5 Å². The highest BCUT2D eigenvalue weighted by atomic mass is 16.3. The summed E-state index contributed by atoms with van der Waals surface area (Å²) >= 11 is 0. The van der Waals surface area contributed by atoms with Gasteiger partial charge in [-0.2, -0.15) is 5.10 Å². The average Bonchev–Trinajstić information content (AvgIpc) is 2.55. The van der Waals surface area contributed by atoms with Gasteiger partial charge in [-0.15, -0.1) is 0 Å². The molecule has 0 aliphatic heterocycles. The summed E-state index contributed by atoms with van der Waals surface area (Å²) in [5.74, 6) is 0. The van der Waals surface area contributed by atoms with Crippen LogP contribution in [-0.2, 0) is 13.5 Å². The number of aryl methyl sites for hydroxylation is 2. The molecule has 1 aromatic heterocycles. The third-order valence-electron chi connectivity index (χ3n) is 2.72. The zero-order valence-corrected chi connectivity index (χ0v) is 8.53. The van der Waals surface area contributed by atoms with E-state index in [0.29, 0.717) is 12.6 Å². The fraction of sp³-hybridized carbons (Fsp3) is 0.700. The third kappa shape index (κ3) is 1.81. The summed E-state index contributed by atoms with van der Waals surface area (Å²) in [5, 5.41) is 16.5. The molecule has 2 N–H and O–H groups in total. The fourth-order valence-corrected chi connectivity index (χ4v) is 2.12. The topological polar surface area (TPSA) is 50.1 Å². The van der Waals surface area contributed by atoms with Crippen molar-refractivity contribution in [1.82, 2.24) is 15.1 Å². The SMILES string of the molecule is Cn1cc2c(n1)CCCC2NCCO. The van der Waals surface area contributed by atoms with Gasteiger partial charge in [0.25, 0.3) is 0 Å². The van der Waals surface area contributed by atoms with Crippen molar-refractivity contribution in [1.29, 1.82) is 0 Å². The van der Waals surface area contributed by atoms with Crippen molar-refractivity contribution in [2.45, 2.75) is 25.3 Å². The largest absolute Gasteiger partial charge is 0.395 e. The van der Waals surface area contributed by atoms with Crippen molar-refractivity contribution < 1.29 is 5.11 Å². The highest BCUT2D eigenvalue weighted by molar-refractivity contribution is 5.24. The average molecular weight is 195 g/mol. The molecule has 0 spiro atoms. The molecule has 78 valence electrons. The Hall–Kier alpha value is -0.870. The quantitative estimate of drug-likeness (QED) is 0.733. The summed E-state index contributed by atoms with van der Waals surface area (Å²) in [6.07, 6.45) is 5.52. The predicted molar refractivity (Wildman–Crippen MR) is 54.0 cm³/mol. The fourth-order valence-electron chi connectivity index (χ4n) is 2.12. The molecule has 0 saturated carbocycles. The standard InChI is InChI=1S/C10H17N3O/c1-13-7-8-9(11-5-6-14)3-2-4-10(8)12-13/h7,9,11,14H,2-6H2,1H3. The van der Waals surface area contributed by atoms with Crippen molar-refractivity contribution in [2.75, 3.05) is 13.2 Å². The molecule has 4 heteroatoms. The van der Waals surface area contributed by atoms with Crippen LogP contribution < -0.4 is 5.32 Å². The third-order valence-corrected chi connectivity index (χ3v) is 2.72. The molecular formula is C10H17N3O. The zero-order chi connectivity index (χ0) is 9.97. The van der Waals surface area contributed by atoms with E-state index in [2.05, 4.69) is 16.6 Å². The first-order valence-corrected chi connectivity index (χ1v) is 5.18. The van der Waals surface area contributed by atoms with E-state index in [1.54, 1.807) is 0 Å². The molecule has 0 amide bonds. The smallest absolute Gasteiger partial charge is 0.0672 e. The second-order valence-corrected chi connectivity index (χ2v) is 3.83. The van der Waals surface area contributed by atoms with Gasteiger partial charge in [0.05, 0.1) is 12.3 Å². The van der Waals surface area contributed by atoms with Crippen molar-refractivity contribution >= 4 is 0 Å². The molecule has 0 radical (unpaired) electrons. The normalized spacial score (nSPS) is 20.9. The van der Waals surface area contributed by atoms with Gasteiger partial charge in [-0.25, -0.2) is 0 Å². The number of aliphatic hydroxyl groups excluding tert-OH is 1. The van der Waals surface area contributed by atoms with Crippen LogP contribution in [0.3, 0.4) is 0 Å². The first-order chi connectivity index (χ1) is 6.81. The van der Waals surface area contributed by atoms with E-state index < -0.39 is 0 Å². The molecule has 0 bridgehead atoms. The summed E-state index contributed by atoms with van der Waals surface area (Å²) in [6.45, 7) is 0.866. The van der Waals surface area contributed by atoms with Crippen LogP contribution in [0.15, 0.2) is 6.20 Å². The van der Waals surface area contributed by atoms with E-state index in [4.69, 9.17) is 5.11 Å². The Morgan fingerprint density at radius 1 is 1.71 bits per heavy atom. The molecule has 1 heterocycles. The summed E-state index contributed by atoms with van der Waals surface area (Å²) in [7, 11) is 1.96. The van der Waals surface area contributed by atoms with Crippen molar-refractivity contribution in [3.63, 3.8) is 0 Å². The van der Waals surface area contributed by atoms with Gasteiger partial charge in [0, 0.05) is 31.4 Å². The molecule has 1 unspecified atom stereocenters. The van der Waals surface area contributed by atoms with Gasteiger partial charge < -0.3 is 10.4 Å². The first-order valence-electron chi connectivity index (χ1n) is 5.18. The molecule has 1 atom stereocenters. The van der Waals surface area contributed by atoms with Crippen molar-refractivity contribution in [3.8, 4) is 0 Å². The maximum absolute atomic E-state index is 8.77. The minimum atomic E-state index is 0.200. The molecule has 1 aliphatic rings. The lowest BCUT2D eigenvalue weighted by molar-refractivity contribution is 0.280. The van der Waals surface area contributed by atoms with Gasteiger partial charge in [-0.1, -0.05) is 0 Å². The minimum Gasteiger partial charge on any atom is -0.395 e. The van der Waals surface area contributed by atoms with Crippen LogP contribution in [0.4, 0.5) is 0 Å². The number of fused-ring (bicyclic) bond motifs is 1. The summed E-state index contributed by atoms with van der Waals surface area (Å²) in [4.78, 5) is 0. The second kappa shape index (κ2) is 4.11. The lowest BCUT2D eigenvalue weighted by Gasteiger charge is -2.22. The molecule has 1 aliphatic carbocycles. The van der Waals surface area contributed by atoms with Crippen LogP contribution in [0.2, 0.25) is 0 Å². The number of rotatable bonds is 3. The number of nitrogens with one attached hydrogen (secondary N) is 1. The predicted octanol–water partition coefficient (Wildman–Crippen LogP) is 0.379. The Bertz CT molecular complexity index is 308. The molecule has 0 fully saturated rings. The van der Waals surface area contributed by atoms with Gasteiger partial charge in [-0.3, -0.25) is 4.68 Å². The molecular weight excluding hydrogens is 178 g/mol. The highest BCUT2D eigenvalue weighted by Crippen LogP contribution is 2.28. The Balaban J connectivity index is 2.13. The molecule has 1 aromatic rings. The lowest BCUT2D eigenvalue weighted by atomic mass is 9.93. The van der Waals surface area contributed by atoms with E-state index >= 15 is 0 Å². The molecule has 2 rings (SSSR count). The van der Waals surface area contributed by atoms with Crippen LogP contribution >= 0.6 is 0 Å². The monoisotopic (exact) mass is 195 g/mol. The number of aromatic nitrogens is 2. The summed E-state index contributed by atoms with van der Waals surface area (Å²) in [6, 6.07) is 0.389. The number of hydrogen-bond donors (Lipinski definition) is 2. The maximum Gasteiger partial charge on any atom is 0.0672 e. The summed E-state index contributed by atoms with van der Waals surface area (Å²) < 4.78 is 1.88. The molecule has 0 aromatic carbocycles. The van der Waals surface area contributed by atoms with E-state index in [0.717, 1.165) is 12.8 Å². The molecule has 14 heavy (non-hydrogen) atoms. The van der Waals surface area contributed by atoms with E-state index in [1.165, 1.54) is 17.7 Å². The van der Waals surface area contributed by atoms with Gasteiger partial charge in [-0.05, 0) is 19.3 Å². The van der Waals surface area contributed by atoms with Crippen LogP contribution in [-0.4, -0.2) is 28.0 Å². The van der Waals surface area contributed by atoms with E-state index in [-0.39, 0.29) is 6.61 Å². The molecule has 4 nitrogen and oxygen atoms in total. The van der Waals surface area contributed by atoms with Gasteiger partial charge >= 0.3 is 0 Å². The Labute approximate surface area is 83.9 Å². The maximum atomic E-state index is 8.77. The van der Waals surface area contributed by atoms with Crippen LogP contribution in [0.5, 0.6) is 0 Å². The summed E-state index contributed by atoms with van der Waals surface area (Å²) in [5.41, 5.74) is 2.53. The van der Waals surface area contributed by atoms with Gasteiger partial charge in [0.1, 0.15) is 0 Å². The first kappa shape index (κ1) is 9.68. The number of nitrogens with zero attached hydrogens (tertiary/aromatic N) is 2. The van der Waals surface area contributed by atoms with E-state index in [1.807, 2.05) is 11.7 Å². The van der Waals surface area contributed by atoms with Crippen LogP contribution in [0, 0.1) is 0 Å². The Morgan fingerprint density at radius 3 is 3.36 bits per heavy atom. The zero-order valence-electron chi connectivity index (χ0n) is 8.53. The Morgan fingerprint density at radius 2 is 2.57 bits per heavy atom. The van der Waals surface area contributed by atoms with Crippen molar-refractivity contribution in [2.24, 2.45) is 7.05 Å². The second-order valence-electron chi connectivity index (χ2n) is 3.83. The number of hydrogen-bond acceptors (Lipinski definition) is 3. The van der Waals surface area contributed by atoms with Gasteiger partial charge in [0.2, 0.25) is 0 Å². The minimum absolute atomic E-state index is 0.200. The van der Waals surface area contributed by atoms with Crippen LogP contribution in [0.25, 0.3) is 0 Å². The van der Waals surface area contributed by atoms with E-state index in [9.17, 15) is 0 Å². The highest BCUT2D eigenvalue weighted by Gasteiger charge is 2.21.